The minimum Gasteiger partial charge on any atom is -0.494 e. The Labute approximate surface area is 181 Å². The van der Waals surface area contributed by atoms with E-state index in [1.807, 2.05) is 36.1 Å². The summed E-state index contributed by atoms with van der Waals surface area (Å²) in [6, 6.07) is 12.1. The first-order valence-electron chi connectivity index (χ1n) is 10.5. The van der Waals surface area contributed by atoms with Crippen LogP contribution in [0, 0.1) is 13.8 Å². The van der Waals surface area contributed by atoms with Gasteiger partial charge in [0, 0.05) is 6.61 Å². The molecule has 1 atom stereocenters. The van der Waals surface area contributed by atoms with Crippen molar-refractivity contribution < 1.29 is 14.3 Å². The molecule has 0 N–H and O–H groups in total. The first kappa shape index (κ1) is 20.8. The lowest BCUT2D eigenvalue weighted by molar-refractivity contribution is -0.118. The molecule has 4 rings (SSSR count). The quantitative estimate of drug-likeness (QED) is 0.532. The van der Waals surface area contributed by atoms with Crippen LogP contribution in [0.15, 0.2) is 36.4 Å². The Hall–Kier alpha value is -2.44. The molecule has 1 saturated heterocycles. The lowest BCUT2D eigenvalue weighted by atomic mass is 10.0. The predicted octanol–water partition coefficient (Wildman–Crippen LogP) is 5.07. The molecule has 1 aliphatic rings. The van der Waals surface area contributed by atoms with Gasteiger partial charge in [-0.3, -0.25) is 9.69 Å². The van der Waals surface area contributed by atoms with Crippen LogP contribution in [0.2, 0.25) is 0 Å². The van der Waals surface area contributed by atoms with Gasteiger partial charge < -0.3 is 9.47 Å². The first-order chi connectivity index (χ1) is 14.5. The van der Waals surface area contributed by atoms with E-state index in [2.05, 4.69) is 26.0 Å². The molecule has 30 heavy (non-hydrogen) atoms. The number of carbonyl (C=O) groups is 1. The number of aromatic nitrogens is 1. The summed E-state index contributed by atoms with van der Waals surface area (Å²) in [5.74, 6) is 0.880. The Kier molecular flexibility index (Phi) is 6.35. The Morgan fingerprint density at radius 2 is 2.10 bits per heavy atom. The SMILES string of the molecule is CCOc1ccc2nc(N(CC3CCCO3)C(=O)Cc3ccc(C)c(C)c3)sc2c1. The third kappa shape index (κ3) is 4.65. The van der Waals surface area contributed by atoms with E-state index in [1.165, 1.54) is 22.5 Å². The van der Waals surface area contributed by atoms with Gasteiger partial charge in [-0.1, -0.05) is 29.5 Å². The van der Waals surface area contributed by atoms with Crippen LogP contribution in [0.3, 0.4) is 0 Å². The summed E-state index contributed by atoms with van der Waals surface area (Å²) in [6.45, 7) is 8.07. The fourth-order valence-corrected chi connectivity index (χ4v) is 4.75. The van der Waals surface area contributed by atoms with Crippen molar-refractivity contribution in [2.75, 3.05) is 24.7 Å². The number of nitrogens with zero attached hydrogens (tertiary/aromatic N) is 2. The summed E-state index contributed by atoms with van der Waals surface area (Å²) in [4.78, 5) is 19.9. The van der Waals surface area contributed by atoms with E-state index in [0.29, 0.717) is 19.6 Å². The van der Waals surface area contributed by atoms with Crippen molar-refractivity contribution in [1.82, 2.24) is 4.98 Å². The molecule has 158 valence electrons. The van der Waals surface area contributed by atoms with Gasteiger partial charge in [0.05, 0.1) is 35.9 Å². The molecule has 0 spiro atoms. The molecule has 1 unspecified atom stereocenters. The van der Waals surface area contributed by atoms with E-state index < -0.39 is 0 Å². The molecule has 1 fully saturated rings. The second kappa shape index (κ2) is 9.14. The van der Waals surface area contributed by atoms with Gasteiger partial charge in [-0.05, 0) is 68.5 Å². The average Bonchev–Trinajstić information content (AvgIpc) is 3.38. The number of anilines is 1. The zero-order valence-corrected chi connectivity index (χ0v) is 18.6. The van der Waals surface area contributed by atoms with Crippen molar-refractivity contribution >= 4 is 32.6 Å². The van der Waals surface area contributed by atoms with Gasteiger partial charge in [0.2, 0.25) is 5.91 Å². The van der Waals surface area contributed by atoms with E-state index >= 15 is 0 Å². The van der Waals surface area contributed by atoms with Crippen LogP contribution < -0.4 is 9.64 Å². The minimum atomic E-state index is 0.0536. The van der Waals surface area contributed by atoms with Gasteiger partial charge in [-0.15, -0.1) is 0 Å². The van der Waals surface area contributed by atoms with E-state index in [1.54, 1.807) is 0 Å². The Balaban J connectivity index is 1.62. The summed E-state index contributed by atoms with van der Waals surface area (Å²) in [5.41, 5.74) is 4.35. The number of ether oxygens (including phenoxy) is 2. The van der Waals surface area contributed by atoms with Gasteiger partial charge in [-0.25, -0.2) is 4.98 Å². The third-order valence-electron chi connectivity index (χ3n) is 5.53. The van der Waals surface area contributed by atoms with Crippen molar-refractivity contribution in [1.29, 1.82) is 0 Å². The maximum Gasteiger partial charge on any atom is 0.233 e. The zero-order valence-electron chi connectivity index (χ0n) is 17.8. The summed E-state index contributed by atoms with van der Waals surface area (Å²) in [5, 5.41) is 0.725. The second-order valence-electron chi connectivity index (χ2n) is 7.79. The van der Waals surface area contributed by atoms with Crippen molar-refractivity contribution in [2.24, 2.45) is 0 Å². The Bertz CT molecular complexity index is 1040. The van der Waals surface area contributed by atoms with Crippen LogP contribution in [0.25, 0.3) is 10.2 Å². The van der Waals surface area contributed by atoms with Crippen LogP contribution in [0.1, 0.15) is 36.5 Å². The van der Waals surface area contributed by atoms with Crippen LogP contribution in [-0.2, 0) is 16.0 Å². The molecular formula is C24H28N2O3S. The predicted molar refractivity (Wildman–Crippen MR) is 122 cm³/mol. The van der Waals surface area contributed by atoms with Gasteiger partial charge >= 0.3 is 0 Å². The van der Waals surface area contributed by atoms with Crippen LogP contribution in [0.5, 0.6) is 5.75 Å². The van der Waals surface area contributed by atoms with E-state index in [9.17, 15) is 4.79 Å². The number of amides is 1. The smallest absolute Gasteiger partial charge is 0.233 e. The molecule has 5 nitrogen and oxygen atoms in total. The van der Waals surface area contributed by atoms with Gasteiger partial charge in [0.25, 0.3) is 0 Å². The average molecular weight is 425 g/mol. The largest absolute Gasteiger partial charge is 0.494 e. The third-order valence-corrected chi connectivity index (χ3v) is 6.57. The molecular weight excluding hydrogens is 396 g/mol. The molecule has 0 aliphatic carbocycles. The maximum atomic E-state index is 13.4. The van der Waals surface area contributed by atoms with Crippen molar-refractivity contribution in [3.8, 4) is 5.75 Å². The summed E-state index contributed by atoms with van der Waals surface area (Å²) in [6.07, 6.45) is 2.45. The lowest BCUT2D eigenvalue weighted by Crippen LogP contribution is -2.38. The highest BCUT2D eigenvalue weighted by Crippen LogP contribution is 2.32. The van der Waals surface area contributed by atoms with Gasteiger partial charge in [0.1, 0.15) is 5.75 Å². The number of aryl methyl sites for hydroxylation is 2. The van der Waals surface area contributed by atoms with E-state index in [-0.39, 0.29) is 12.0 Å². The maximum absolute atomic E-state index is 13.4. The van der Waals surface area contributed by atoms with Gasteiger partial charge in [-0.2, -0.15) is 0 Å². The highest BCUT2D eigenvalue weighted by Gasteiger charge is 2.26. The second-order valence-corrected chi connectivity index (χ2v) is 8.80. The number of carbonyl (C=O) groups excluding carboxylic acids is 1. The van der Waals surface area contributed by atoms with Crippen LogP contribution in [0.4, 0.5) is 5.13 Å². The topological polar surface area (TPSA) is 51.7 Å². The summed E-state index contributed by atoms with van der Waals surface area (Å²) < 4.78 is 12.5. The summed E-state index contributed by atoms with van der Waals surface area (Å²) in [7, 11) is 0. The molecule has 2 heterocycles. The number of rotatable bonds is 7. The van der Waals surface area contributed by atoms with Gasteiger partial charge in [0.15, 0.2) is 5.13 Å². The molecule has 1 amide bonds. The van der Waals surface area contributed by atoms with E-state index in [0.717, 1.165) is 46.1 Å². The summed E-state index contributed by atoms with van der Waals surface area (Å²) >= 11 is 1.53. The monoisotopic (exact) mass is 424 g/mol. The molecule has 0 saturated carbocycles. The molecule has 6 heteroatoms. The normalized spacial score (nSPS) is 16.2. The molecule has 0 bridgehead atoms. The fourth-order valence-electron chi connectivity index (χ4n) is 3.73. The van der Waals surface area contributed by atoms with Crippen molar-refractivity contribution in [2.45, 2.75) is 46.1 Å². The van der Waals surface area contributed by atoms with E-state index in [4.69, 9.17) is 14.5 Å². The molecule has 0 radical (unpaired) electrons. The number of hydrogen-bond donors (Lipinski definition) is 0. The highest BCUT2D eigenvalue weighted by molar-refractivity contribution is 7.22. The fraction of sp³-hybridized carbons (Fsp3) is 0.417. The van der Waals surface area contributed by atoms with Crippen molar-refractivity contribution in [3.05, 3.63) is 53.1 Å². The van der Waals surface area contributed by atoms with Crippen LogP contribution in [-0.4, -0.2) is 36.8 Å². The number of hydrogen-bond acceptors (Lipinski definition) is 5. The molecule has 1 aromatic heterocycles. The number of fused-ring (bicyclic) bond motifs is 1. The standard InChI is InChI=1S/C24H28N2O3S/c1-4-28-19-9-10-21-22(14-19)30-24(25-21)26(15-20-6-5-11-29-20)23(27)13-18-8-7-16(2)17(3)12-18/h7-10,12,14,20H,4-6,11,13,15H2,1-3H3. The first-order valence-corrected chi connectivity index (χ1v) is 11.4. The van der Waals surface area contributed by atoms with Crippen LogP contribution >= 0.6 is 11.3 Å². The molecule has 3 aromatic rings. The highest BCUT2D eigenvalue weighted by atomic mass is 32.1. The molecule has 1 aliphatic heterocycles. The lowest BCUT2D eigenvalue weighted by Gasteiger charge is -2.23. The minimum absolute atomic E-state index is 0.0536. The van der Waals surface area contributed by atoms with Crippen molar-refractivity contribution in [3.63, 3.8) is 0 Å². The molecule has 2 aromatic carbocycles. The Morgan fingerprint density at radius 1 is 1.23 bits per heavy atom. The Morgan fingerprint density at radius 3 is 2.83 bits per heavy atom. The zero-order chi connectivity index (χ0) is 21.1. The number of benzene rings is 2. The number of thiazole rings is 1.